The second kappa shape index (κ2) is 5.46. The quantitative estimate of drug-likeness (QED) is 0.315. The van der Waals surface area contributed by atoms with E-state index in [2.05, 4.69) is 9.99 Å². The smallest absolute Gasteiger partial charge is 0.319 e. The highest BCUT2D eigenvalue weighted by molar-refractivity contribution is 7.24. The van der Waals surface area contributed by atoms with Crippen molar-refractivity contribution in [3.05, 3.63) is 58.3 Å². The van der Waals surface area contributed by atoms with E-state index in [0.29, 0.717) is 16.3 Å². The largest absolute Gasteiger partial charge is 0.331 e. The molecule has 2 aromatic carbocycles. The maximum absolute atomic E-state index is 12.5. The van der Waals surface area contributed by atoms with Crippen LogP contribution in [0.15, 0.2) is 52.4 Å². The number of hydrogen-bond donors (Lipinski definition) is 0. The number of carbonyl (C=O) groups is 1. The number of rotatable bonds is 2. The van der Waals surface area contributed by atoms with E-state index in [4.69, 9.17) is 0 Å². The zero-order valence-electron chi connectivity index (χ0n) is 11.2. The van der Waals surface area contributed by atoms with E-state index >= 15 is 0 Å². The lowest BCUT2D eigenvalue weighted by Crippen LogP contribution is -2.01. The number of hydrogen-bond acceptors (Lipinski definition) is 5. The van der Waals surface area contributed by atoms with Gasteiger partial charge in [0.05, 0.1) is 6.21 Å². The van der Waals surface area contributed by atoms with Gasteiger partial charge in [-0.3, -0.25) is 4.79 Å². The van der Waals surface area contributed by atoms with E-state index in [-0.39, 0.29) is 5.43 Å². The third-order valence-corrected chi connectivity index (χ3v) is 4.13. The van der Waals surface area contributed by atoms with Crippen molar-refractivity contribution in [2.45, 2.75) is 6.92 Å². The lowest BCUT2D eigenvalue weighted by Gasteiger charge is -2.01. The summed E-state index contributed by atoms with van der Waals surface area (Å²) in [6.07, 6.45) is 1.42. The summed E-state index contributed by atoms with van der Waals surface area (Å²) >= 11 is 1.57. The van der Waals surface area contributed by atoms with Gasteiger partial charge in [-0.25, -0.2) is 4.79 Å². The maximum Gasteiger partial charge on any atom is 0.331 e. The number of benzene rings is 2. The molecular formula is C16H11NO3S. The summed E-state index contributed by atoms with van der Waals surface area (Å²) in [6.45, 7) is 1.28. The van der Waals surface area contributed by atoms with Crippen LogP contribution < -0.4 is 5.43 Å². The predicted molar refractivity (Wildman–Crippen MR) is 85.0 cm³/mol. The zero-order valence-corrected chi connectivity index (χ0v) is 12.0. The molecule has 3 aromatic rings. The lowest BCUT2D eigenvalue weighted by atomic mass is 10.1. The molecule has 0 atom stereocenters. The molecule has 0 spiro atoms. The Balaban J connectivity index is 2.15. The first-order chi connectivity index (χ1) is 10.1. The molecule has 0 aliphatic heterocycles. The second-order valence-electron chi connectivity index (χ2n) is 4.50. The summed E-state index contributed by atoms with van der Waals surface area (Å²) in [5.41, 5.74) is 0.713. The molecule has 0 fully saturated rings. The molecule has 104 valence electrons. The Morgan fingerprint density at radius 1 is 1.14 bits per heavy atom. The van der Waals surface area contributed by atoms with Crippen molar-refractivity contribution in [3.8, 4) is 0 Å². The molecule has 0 bridgehead atoms. The number of carbonyl (C=O) groups excluding carboxylic acids is 1. The molecule has 0 saturated carbocycles. The van der Waals surface area contributed by atoms with E-state index in [1.165, 1.54) is 13.1 Å². The van der Waals surface area contributed by atoms with Gasteiger partial charge in [-0.2, -0.15) is 0 Å². The first kappa shape index (κ1) is 13.5. The molecule has 5 heteroatoms. The summed E-state index contributed by atoms with van der Waals surface area (Å²) in [5, 5.41) is 4.92. The molecule has 3 rings (SSSR count). The van der Waals surface area contributed by atoms with Crippen LogP contribution in [0.1, 0.15) is 12.5 Å². The van der Waals surface area contributed by atoms with Gasteiger partial charge in [0.2, 0.25) is 0 Å². The Morgan fingerprint density at radius 2 is 1.90 bits per heavy atom. The minimum absolute atomic E-state index is 0.00193. The van der Waals surface area contributed by atoms with Crippen LogP contribution in [0.4, 0.5) is 0 Å². The third kappa shape index (κ3) is 2.68. The summed E-state index contributed by atoms with van der Waals surface area (Å²) in [5.74, 6) is -0.482. The van der Waals surface area contributed by atoms with E-state index in [1.807, 2.05) is 36.4 Å². The highest BCUT2D eigenvalue weighted by Gasteiger charge is 2.05. The minimum Gasteiger partial charge on any atom is -0.319 e. The van der Waals surface area contributed by atoms with Crippen LogP contribution in [-0.4, -0.2) is 12.2 Å². The molecule has 0 unspecified atom stereocenters. The van der Waals surface area contributed by atoms with E-state index in [0.717, 1.165) is 9.40 Å². The fourth-order valence-electron chi connectivity index (χ4n) is 2.06. The molecular weight excluding hydrogens is 286 g/mol. The number of nitrogens with zero attached hydrogens (tertiary/aromatic N) is 1. The Bertz CT molecular complexity index is 928. The summed E-state index contributed by atoms with van der Waals surface area (Å²) in [6, 6.07) is 13.0. The standard InChI is InChI=1S/C16H11NO3S/c1-10(18)20-17-9-11-6-7-15-13(8-11)16(19)12-4-2-3-5-14(12)21-15/h2-9H,1H3/b17-9+. The predicted octanol–water partition coefficient (Wildman–Crippen LogP) is 3.31. The molecule has 4 nitrogen and oxygen atoms in total. The summed E-state index contributed by atoms with van der Waals surface area (Å²) in [4.78, 5) is 27.7. The highest BCUT2D eigenvalue weighted by atomic mass is 32.1. The molecule has 0 aliphatic rings. The van der Waals surface area contributed by atoms with Crippen LogP contribution >= 0.6 is 11.3 Å². The first-order valence-corrected chi connectivity index (χ1v) is 7.13. The minimum atomic E-state index is -0.482. The van der Waals surface area contributed by atoms with Gasteiger partial charge in [0, 0.05) is 27.1 Å². The summed E-state index contributed by atoms with van der Waals surface area (Å²) in [7, 11) is 0. The molecule has 1 aromatic heterocycles. The van der Waals surface area contributed by atoms with Gasteiger partial charge in [-0.1, -0.05) is 23.4 Å². The van der Waals surface area contributed by atoms with Crippen molar-refractivity contribution in [1.82, 2.24) is 0 Å². The molecule has 21 heavy (non-hydrogen) atoms. The van der Waals surface area contributed by atoms with Crippen LogP contribution in [0.5, 0.6) is 0 Å². The maximum atomic E-state index is 12.5. The fourth-order valence-corrected chi connectivity index (χ4v) is 3.11. The molecule has 0 radical (unpaired) electrons. The average Bonchev–Trinajstić information content (AvgIpc) is 2.48. The van der Waals surface area contributed by atoms with Gasteiger partial charge in [0.25, 0.3) is 0 Å². The van der Waals surface area contributed by atoms with Crippen LogP contribution in [0, 0.1) is 0 Å². The van der Waals surface area contributed by atoms with Crippen LogP contribution in [0.25, 0.3) is 20.2 Å². The Morgan fingerprint density at radius 3 is 2.71 bits per heavy atom. The number of fused-ring (bicyclic) bond motifs is 2. The van der Waals surface area contributed by atoms with Gasteiger partial charge in [0.15, 0.2) is 5.43 Å². The Labute approximate surface area is 124 Å². The lowest BCUT2D eigenvalue weighted by molar-refractivity contribution is -0.140. The van der Waals surface area contributed by atoms with E-state index < -0.39 is 5.97 Å². The highest BCUT2D eigenvalue weighted by Crippen LogP contribution is 2.24. The summed E-state index contributed by atoms with van der Waals surface area (Å²) < 4.78 is 1.89. The first-order valence-electron chi connectivity index (χ1n) is 6.32. The average molecular weight is 297 g/mol. The van der Waals surface area contributed by atoms with Gasteiger partial charge in [0.1, 0.15) is 0 Å². The zero-order chi connectivity index (χ0) is 14.8. The Hall–Kier alpha value is -2.53. The van der Waals surface area contributed by atoms with Crippen molar-refractivity contribution in [1.29, 1.82) is 0 Å². The fraction of sp³-hybridized carbons (Fsp3) is 0.0625. The van der Waals surface area contributed by atoms with Crippen molar-refractivity contribution in [2.24, 2.45) is 5.16 Å². The van der Waals surface area contributed by atoms with Crippen molar-refractivity contribution < 1.29 is 9.63 Å². The van der Waals surface area contributed by atoms with Gasteiger partial charge in [-0.15, -0.1) is 11.3 Å². The molecule has 0 N–H and O–H groups in total. The second-order valence-corrected chi connectivity index (χ2v) is 5.58. The molecule has 1 heterocycles. The normalized spacial score (nSPS) is 11.3. The Kier molecular flexibility index (Phi) is 3.50. The molecule has 0 saturated heterocycles. The van der Waals surface area contributed by atoms with E-state index in [9.17, 15) is 9.59 Å². The van der Waals surface area contributed by atoms with Crippen molar-refractivity contribution >= 4 is 43.7 Å². The topological polar surface area (TPSA) is 55.7 Å². The van der Waals surface area contributed by atoms with Crippen LogP contribution in [0.2, 0.25) is 0 Å². The van der Waals surface area contributed by atoms with E-state index in [1.54, 1.807) is 17.4 Å². The molecule has 0 amide bonds. The SMILES string of the molecule is CC(=O)O/N=C/c1ccc2sc3ccccc3c(=O)c2c1. The van der Waals surface area contributed by atoms with Gasteiger partial charge >= 0.3 is 5.97 Å². The number of oxime groups is 1. The van der Waals surface area contributed by atoms with Gasteiger partial charge < -0.3 is 4.84 Å². The van der Waals surface area contributed by atoms with Gasteiger partial charge in [-0.05, 0) is 29.8 Å². The molecule has 0 aliphatic carbocycles. The van der Waals surface area contributed by atoms with Crippen LogP contribution in [0.3, 0.4) is 0 Å². The third-order valence-electron chi connectivity index (χ3n) is 2.98. The van der Waals surface area contributed by atoms with Crippen molar-refractivity contribution in [3.63, 3.8) is 0 Å². The van der Waals surface area contributed by atoms with Crippen LogP contribution in [-0.2, 0) is 9.63 Å². The van der Waals surface area contributed by atoms with Crippen molar-refractivity contribution in [2.75, 3.05) is 0 Å². The monoisotopic (exact) mass is 297 g/mol.